The van der Waals surface area contributed by atoms with Gasteiger partial charge in [-0.15, -0.1) is 0 Å². The number of aliphatic hydroxyl groups is 1. The molecular formula is C18H23N3O3. The second-order valence-electron chi connectivity index (χ2n) is 6.49. The van der Waals surface area contributed by atoms with Gasteiger partial charge in [-0.2, -0.15) is 0 Å². The van der Waals surface area contributed by atoms with Crippen LogP contribution in [0.3, 0.4) is 0 Å². The molecule has 1 aliphatic heterocycles. The molecule has 6 nitrogen and oxygen atoms in total. The molecule has 1 unspecified atom stereocenters. The Labute approximate surface area is 141 Å². The first-order valence-corrected chi connectivity index (χ1v) is 8.23. The number of aromatic nitrogens is 1. The average Bonchev–Trinajstić information content (AvgIpc) is 3.00. The van der Waals surface area contributed by atoms with Crippen LogP contribution in [0.5, 0.6) is 0 Å². The molecule has 2 aromatic rings. The highest BCUT2D eigenvalue weighted by molar-refractivity contribution is 5.91. The van der Waals surface area contributed by atoms with Crippen molar-refractivity contribution in [2.75, 3.05) is 31.6 Å². The number of aliphatic hydroxyl groups excluding tert-OH is 1. The number of amides is 1. The average molecular weight is 329 g/mol. The van der Waals surface area contributed by atoms with Gasteiger partial charge in [-0.1, -0.05) is 35.5 Å². The Bertz CT molecular complexity index is 686. The third-order valence-electron chi connectivity index (χ3n) is 4.61. The Balaban J connectivity index is 1.65. The molecule has 1 atom stereocenters. The van der Waals surface area contributed by atoms with Gasteiger partial charge in [-0.05, 0) is 31.9 Å². The van der Waals surface area contributed by atoms with E-state index >= 15 is 0 Å². The molecule has 128 valence electrons. The minimum absolute atomic E-state index is 0.0810. The maximum atomic E-state index is 12.2. The molecule has 0 radical (unpaired) electrons. The summed E-state index contributed by atoms with van der Waals surface area (Å²) in [6, 6.07) is 11.8. The largest absolute Gasteiger partial charge is 0.395 e. The van der Waals surface area contributed by atoms with E-state index in [4.69, 9.17) is 4.52 Å². The fraction of sp³-hybridized carbons (Fsp3) is 0.444. The molecule has 1 amide bonds. The molecule has 1 aromatic heterocycles. The fourth-order valence-corrected chi connectivity index (χ4v) is 3.42. The molecule has 0 spiro atoms. The molecule has 1 aliphatic rings. The number of carbonyl (C=O) groups excluding carboxylic acids is 1. The van der Waals surface area contributed by atoms with Crippen LogP contribution in [0.2, 0.25) is 0 Å². The van der Waals surface area contributed by atoms with Gasteiger partial charge < -0.3 is 14.9 Å². The highest BCUT2D eigenvalue weighted by Crippen LogP contribution is 2.33. The minimum atomic E-state index is -0.301. The molecule has 0 bridgehead atoms. The number of anilines is 1. The number of hydrogen-bond donors (Lipinski definition) is 2. The molecule has 3 rings (SSSR count). The predicted octanol–water partition coefficient (Wildman–Crippen LogP) is 1.95. The van der Waals surface area contributed by atoms with E-state index < -0.39 is 0 Å². The van der Waals surface area contributed by atoms with Gasteiger partial charge >= 0.3 is 0 Å². The summed E-state index contributed by atoms with van der Waals surface area (Å²) < 4.78 is 4.95. The number of nitrogens with one attached hydrogen (secondary N) is 1. The van der Waals surface area contributed by atoms with Crippen molar-refractivity contribution in [3.8, 4) is 0 Å². The number of rotatable bonds is 5. The second kappa shape index (κ2) is 7.15. The van der Waals surface area contributed by atoms with E-state index in [2.05, 4.69) is 27.5 Å². The van der Waals surface area contributed by atoms with Gasteiger partial charge in [-0.3, -0.25) is 9.69 Å². The smallest absolute Gasteiger partial charge is 0.239 e. The number of carbonyl (C=O) groups is 1. The van der Waals surface area contributed by atoms with E-state index in [9.17, 15) is 9.90 Å². The molecule has 1 fully saturated rings. The Morgan fingerprint density at radius 2 is 2.21 bits per heavy atom. The first kappa shape index (κ1) is 16.7. The minimum Gasteiger partial charge on any atom is -0.395 e. The van der Waals surface area contributed by atoms with Crippen LogP contribution in [0.1, 0.15) is 24.2 Å². The Kier molecular flexibility index (Phi) is 4.97. The summed E-state index contributed by atoms with van der Waals surface area (Å²) >= 11 is 0. The third kappa shape index (κ3) is 3.66. The van der Waals surface area contributed by atoms with Gasteiger partial charge in [-0.25, -0.2) is 0 Å². The van der Waals surface area contributed by atoms with Crippen molar-refractivity contribution in [1.82, 2.24) is 10.1 Å². The summed E-state index contributed by atoms with van der Waals surface area (Å²) in [5.41, 5.74) is 0.828. The first-order chi connectivity index (χ1) is 11.6. The van der Waals surface area contributed by atoms with Crippen molar-refractivity contribution < 1.29 is 14.4 Å². The zero-order valence-electron chi connectivity index (χ0n) is 13.9. The number of hydrogen-bond acceptors (Lipinski definition) is 5. The van der Waals surface area contributed by atoms with Gasteiger partial charge in [0.05, 0.1) is 13.2 Å². The van der Waals surface area contributed by atoms with Crippen molar-refractivity contribution in [3.63, 3.8) is 0 Å². The van der Waals surface area contributed by atoms with Gasteiger partial charge in [0, 0.05) is 18.0 Å². The lowest BCUT2D eigenvalue weighted by Gasteiger charge is -2.42. The zero-order valence-corrected chi connectivity index (χ0v) is 13.9. The molecule has 2 heterocycles. The van der Waals surface area contributed by atoms with Crippen LogP contribution >= 0.6 is 0 Å². The van der Waals surface area contributed by atoms with Crippen molar-refractivity contribution in [2.24, 2.45) is 0 Å². The van der Waals surface area contributed by atoms with Crippen LogP contribution in [0.25, 0.3) is 0 Å². The SMILES string of the molecule is Cc1cc(NC(=O)CN2CCCC(CO)(c3ccccc3)C2)no1. The van der Waals surface area contributed by atoms with Gasteiger partial charge in [0.15, 0.2) is 5.82 Å². The second-order valence-corrected chi connectivity index (χ2v) is 6.49. The first-order valence-electron chi connectivity index (χ1n) is 8.23. The number of aryl methyl sites for hydroxylation is 1. The predicted molar refractivity (Wildman–Crippen MR) is 90.7 cm³/mol. The number of piperidine rings is 1. The van der Waals surface area contributed by atoms with E-state index in [1.165, 1.54) is 0 Å². The molecule has 1 saturated heterocycles. The van der Waals surface area contributed by atoms with E-state index in [0.717, 1.165) is 24.9 Å². The molecule has 0 saturated carbocycles. The molecule has 0 aliphatic carbocycles. The summed E-state index contributed by atoms with van der Waals surface area (Å²) in [6.07, 6.45) is 1.87. The van der Waals surface area contributed by atoms with Crippen molar-refractivity contribution in [1.29, 1.82) is 0 Å². The normalized spacial score (nSPS) is 21.6. The third-order valence-corrected chi connectivity index (χ3v) is 4.61. The Hall–Kier alpha value is -2.18. The summed E-state index contributed by atoms with van der Waals surface area (Å²) in [7, 11) is 0. The van der Waals surface area contributed by atoms with Crippen LogP contribution in [0.15, 0.2) is 40.9 Å². The fourth-order valence-electron chi connectivity index (χ4n) is 3.42. The summed E-state index contributed by atoms with van der Waals surface area (Å²) in [6.45, 7) is 3.65. The maximum absolute atomic E-state index is 12.2. The molecule has 6 heteroatoms. The molecule has 1 aromatic carbocycles. The van der Waals surface area contributed by atoms with Gasteiger partial charge in [0.1, 0.15) is 5.76 Å². The van der Waals surface area contributed by atoms with Crippen LogP contribution < -0.4 is 5.32 Å². The van der Waals surface area contributed by atoms with Crippen LogP contribution in [-0.4, -0.2) is 47.3 Å². The van der Waals surface area contributed by atoms with Crippen molar-refractivity contribution in [2.45, 2.75) is 25.2 Å². The highest BCUT2D eigenvalue weighted by Gasteiger charge is 2.37. The lowest BCUT2D eigenvalue weighted by molar-refractivity contribution is -0.118. The van der Waals surface area contributed by atoms with E-state index in [-0.39, 0.29) is 24.5 Å². The summed E-state index contributed by atoms with van der Waals surface area (Å²) in [5, 5.41) is 16.6. The zero-order chi connectivity index (χ0) is 17.0. The standard InChI is InChI=1S/C18H23N3O3/c1-14-10-16(20-24-14)19-17(23)11-21-9-5-8-18(12-21,13-22)15-6-3-2-4-7-15/h2-4,6-7,10,22H,5,8-9,11-13H2,1H3,(H,19,20,23). The maximum Gasteiger partial charge on any atom is 0.239 e. The van der Waals surface area contributed by atoms with Crippen LogP contribution in [0.4, 0.5) is 5.82 Å². The number of benzene rings is 1. The van der Waals surface area contributed by atoms with Crippen LogP contribution in [-0.2, 0) is 10.2 Å². The van der Waals surface area contributed by atoms with Crippen molar-refractivity contribution in [3.05, 3.63) is 47.7 Å². The van der Waals surface area contributed by atoms with Crippen LogP contribution in [0, 0.1) is 6.92 Å². The lowest BCUT2D eigenvalue weighted by Crippen LogP contribution is -2.50. The Morgan fingerprint density at radius 1 is 1.42 bits per heavy atom. The monoisotopic (exact) mass is 329 g/mol. The molecule has 2 N–H and O–H groups in total. The Morgan fingerprint density at radius 3 is 2.88 bits per heavy atom. The van der Waals surface area contributed by atoms with E-state index in [1.54, 1.807) is 13.0 Å². The highest BCUT2D eigenvalue weighted by atomic mass is 16.5. The van der Waals surface area contributed by atoms with E-state index in [0.29, 0.717) is 18.1 Å². The summed E-state index contributed by atoms with van der Waals surface area (Å²) in [5.74, 6) is 0.975. The number of nitrogens with zero attached hydrogens (tertiary/aromatic N) is 2. The van der Waals surface area contributed by atoms with Gasteiger partial charge in [0.25, 0.3) is 0 Å². The molecular weight excluding hydrogens is 306 g/mol. The lowest BCUT2D eigenvalue weighted by atomic mass is 9.75. The molecule has 24 heavy (non-hydrogen) atoms. The van der Waals surface area contributed by atoms with Crippen molar-refractivity contribution >= 4 is 11.7 Å². The summed E-state index contributed by atoms with van der Waals surface area (Å²) in [4.78, 5) is 14.3. The quantitative estimate of drug-likeness (QED) is 0.876. The van der Waals surface area contributed by atoms with Gasteiger partial charge in [0.2, 0.25) is 5.91 Å². The van der Waals surface area contributed by atoms with E-state index in [1.807, 2.05) is 18.2 Å². The topological polar surface area (TPSA) is 78.6 Å². The number of likely N-dealkylation sites (tertiary alicyclic amines) is 1.